The fourth-order valence-electron chi connectivity index (χ4n) is 5.66. The molecule has 2 fully saturated rings. The van der Waals surface area contributed by atoms with Crippen molar-refractivity contribution in [3.8, 4) is 0 Å². The van der Waals surface area contributed by atoms with Gasteiger partial charge in [-0.1, -0.05) is 59.1 Å². The van der Waals surface area contributed by atoms with Gasteiger partial charge in [0.1, 0.15) is 0 Å². The molecule has 0 bridgehead atoms. The Morgan fingerprint density at radius 3 is 2.58 bits per heavy atom. The minimum Gasteiger partial charge on any atom is -0.0846 e. The van der Waals surface area contributed by atoms with Crippen LogP contribution in [-0.4, -0.2) is 0 Å². The predicted octanol–water partition coefficient (Wildman–Crippen LogP) is 5.83. The number of hydrogen-bond donors (Lipinski definition) is 0. The van der Waals surface area contributed by atoms with Crippen LogP contribution in [0, 0.1) is 34.5 Å². The van der Waals surface area contributed by atoms with Crippen LogP contribution in [0.4, 0.5) is 0 Å². The zero-order chi connectivity index (χ0) is 13.7. The van der Waals surface area contributed by atoms with Gasteiger partial charge in [-0.05, 0) is 60.2 Å². The lowest BCUT2D eigenvalue weighted by molar-refractivity contribution is -0.189. The van der Waals surface area contributed by atoms with Gasteiger partial charge in [-0.2, -0.15) is 0 Å². The zero-order valence-electron chi connectivity index (χ0n) is 13.4. The molecule has 3 aliphatic carbocycles. The summed E-state index contributed by atoms with van der Waals surface area (Å²) < 4.78 is 0. The maximum absolute atomic E-state index is 2.60. The van der Waals surface area contributed by atoms with Crippen molar-refractivity contribution < 1.29 is 0 Å². The molecule has 0 aliphatic heterocycles. The Labute approximate surface area is 120 Å². The second kappa shape index (κ2) is 4.64. The van der Waals surface area contributed by atoms with E-state index in [9.17, 15) is 0 Å². The van der Waals surface area contributed by atoms with Gasteiger partial charge < -0.3 is 0 Å². The first-order chi connectivity index (χ1) is 9.04. The summed E-state index contributed by atoms with van der Waals surface area (Å²) in [5.74, 6) is 4.00. The van der Waals surface area contributed by atoms with Gasteiger partial charge in [0.2, 0.25) is 0 Å². The van der Waals surface area contributed by atoms with E-state index in [1.165, 1.54) is 38.5 Å². The van der Waals surface area contributed by atoms with E-state index in [0.717, 1.165) is 29.1 Å². The molecule has 0 aromatic rings. The standard InChI is InChI=1S/C19H32/c1-5-7-9-18(4)10-8-16-12-19(17(16)13-18)11-15(6-2)14(19)3/h8,10,14-17H,5-7,9,11-13H2,1-4H3/t14-,15-,16-,17?,18?,19+/m0/s1. The smallest absolute Gasteiger partial charge is 0.0143 e. The van der Waals surface area contributed by atoms with Crippen LogP contribution in [-0.2, 0) is 0 Å². The molecular formula is C19H32. The second-order valence-corrected chi connectivity index (χ2v) is 8.19. The Bertz CT molecular complexity index is 368. The van der Waals surface area contributed by atoms with Crippen LogP contribution in [0.1, 0.15) is 72.6 Å². The summed E-state index contributed by atoms with van der Waals surface area (Å²) in [7, 11) is 0. The van der Waals surface area contributed by atoms with E-state index in [2.05, 4.69) is 39.8 Å². The molecule has 1 spiro atoms. The van der Waals surface area contributed by atoms with Crippen molar-refractivity contribution in [3.63, 3.8) is 0 Å². The molecule has 19 heavy (non-hydrogen) atoms. The Kier molecular flexibility index (Phi) is 3.35. The Hall–Kier alpha value is -0.260. The number of fused-ring (bicyclic) bond motifs is 2. The van der Waals surface area contributed by atoms with Crippen molar-refractivity contribution >= 4 is 0 Å². The van der Waals surface area contributed by atoms with Crippen molar-refractivity contribution in [3.05, 3.63) is 12.2 Å². The molecule has 3 rings (SSSR count). The van der Waals surface area contributed by atoms with Crippen LogP contribution in [0.25, 0.3) is 0 Å². The highest BCUT2D eigenvalue weighted by Crippen LogP contribution is 2.71. The van der Waals surface area contributed by atoms with Gasteiger partial charge >= 0.3 is 0 Å². The quantitative estimate of drug-likeness (QED) is 0.558. The molecule has 6 atom stereocenters. The Morgan fingerprint density at radius 1 is 1.16 bits per heavy atom. The van der Waals surface area contributed by atoms with Crippen LogP contribution < -0.4 is 0 Å². The van der Waals surface area contributed by atoms with E-state index in [4.69, 9.17) is 0 Å². The molecule has 0 nitrogen and oxygen atoms in total. The highest BCUT2D eigenvalue weighted by atomic mass is 14.7. The van der Waals surface area contributed by atoms with E-state index >= 15 is 0 Å². The van der Waals surface area contributed by atoms with Crippen molar-refractivity contribution in [1.82, 2.24) is 0 Å². The second-order valence-electron chi connectivity index (χ2n) is 8.19. The van der Waals surface area contributed by atoms with Crippen LogP contribution in [0.3, 0.4) is 0 Å². The first-order valence-corrected chi connectivity index (χ1v) is 8.74. The summed E-state index contributed by atoms with van der Waals surface area (Å²) in [5.41, 5.74) is 1.28. The Morgan fingerprint density at radius 2 is 1.95 bits per heavy atom. The summed E-state index contributed by atoms with van der Waals surface area (Å²) in [6.45, 7) is 9.78. The summed E-state index contributed by atoms with van der Waals surface area (Å²) in [6, 6.07) is 0. The fourth-order valence-corrected chi connectivity index (χ4v) is 5.66. The monoisotopic (exact) mass is 260 g/mol. The normalized spacial score (nSPS) is 51.6. The third-order valence-electron chi connectivity index (χ3n) is 7.19. The molecule has 3 aliphatic rings. The third-order valence-corrected chi connectivity index (χ3v) is 7.19. The van der Waals surface area contributed by atoms with E-state index in [0.29, 0.717) is 5.41 Å². The molecule has 0 aromatic heterocycles. The Balaban J connectivity index is 1.69. The van der Waals surface area contributed by atoms with E-state index < -0.39 is 0 Å². The molecule has 0 saturated heterocycles. The van der Waals surface area contributed by atoms with Gasteiger partial charge in [-0.3, -0.25) is 0 Å². The lowest BCUT2D eigenvalue weighted by Crippen LogP contribution is -2.62. The van der Waals surface area contributed by atoms with Crippen molar-refractivity contribution in [2.45, 2.75) is 72.6 Å². The molecule has 0 amide bonds. The van der Waals surface area contributed by atoms with Crippen LogP contribution >= 0.6 is 0 Å². The topological polar surface area (TPSA) is 0 Å². The minimum atomic E-state index is 0.515. The van der Waals surface area contributed by atoms with Crippen LogP contribution in [0.2, 0.25) is 0 Å². The number of hydrogen-bond acceptors (Lipinski definition) is 0. The lowest BCUT2D eigenvalue weighted by atomic mass is 9.35. The predicted molar refractivity (Wildman–Crippen MR) is 83.0 cm³/mol. The third kappa shape index (κ3) is 1.93. The van der Waals surface area contributed by atoms with E-state index in [1.807, 2.05) is 0 Å². The lowest BCUT2D eigenvalue weighted by Gasteiger charge is -2.69. The van der Waals surface area contributed by atoms with Gasteiger partial charge in [-0.15, -0.1) is 0 Å². The molecular weight excluding hydrogens is 228 g/mol. The minimum absolute atomic E-state index is 0.515. The summed E-state index contributed by atoms with van der Waals surface area (Å²) in [6.07, 6.45) is 15.3. The van der Waals surface area contributed by atoms with Crippen molar-refractivity contribution in [1.29, 1.82) is 0 Å². The fraction of sp³-hybridized carbons (Fsp3) is 0.895. The van der Waals surface area contributed by atoms with Gasteiger partial charge in [0, 0.05) is 0 Å². The molecule has 0 heterocycles. The SMILES string of the molecule is CCCCC1(C)C=C[C@H]2C[C@@]3(C[C@H](CC)[C@@H]3C)C2C1. The van der Waals surface area contributed by atoms with Gasteiger partial charge in [-0.25, -0.2) is 0 Å². The average molecular weight is 260 g/mol. The molecule has 0 N–H and O–H groups in total. The first kappa shape index (κ1) is 13.7. The van der Waals surface area contributed by atoms with Crippen LogP contribution in [0.5, 0.6) is 0 Å². The van der Waals surface area contributed by atoms with Gasteiger partial charge in [0.15, 0.2) is 0 Å². The molecule has 108 valence electrons. The van der Waals surface area contributed by atoms with Crippen molar-refractivity contribution in [2.24, 2.45) is 34.5 Å². The number of rotatable bonds is 4. The summed E-state index contributed by atoms with van der Waals surface area (Å²) >= 11 is 0. The highest BCUT2D eigenvalue weighted by molar-refractivity contribution is 5.21. The van der Waals surface area contributed by atoms with E-state index in [1.54, 1.807) is 6.42 Å². The average Bonchev–Trinajstić information content (AvgIpc) is 2.39. The molecule has 2 saturated carbocycles. The number of unbranched alkanes of at least 4 members (excludes halogenated alkanes) is 1. The molecule has 0 radical (unpaired) electrons. The van der Waals surface area contributed by atoms with Crippen LogP contribution in [0.15, 0.2) is 12.2 Å². The summed E-state index contributed by atoms with van der Waals surface area (Å²) in [4.78, 5) is 0. The zero-order valence-corrected chi connectivity index (χ0v) is 13.4. The molecule has 2 unspecified atom stereocenters. The summed E-state index contributed by atoms with van der Waals surface area (Å²) in [5, 5.41) is 0. The maximum Gasteiger partial charge on any atom is -0.0143 e. The first-order valence-electron chi connectivity index (χ1n) is 8.74. The number of allylic oxidation sites excluding steroid dienone is 2. The van der Waals surface area contributed by atoms with E-state index in [-0.39, 0.29) is 0 Å². The van der Waals surface area contributed by atoms with Gasteiger partial charge in [0.05, 0.1) is 0 Å². The molecule has 0 heteroatoms. The van der Waals surface area contributed by atoms with Gasteiger partial charge in [0.25, 0.3) is 0 Å². The highest BCUT2D eigenvalue weighted by Gasteiger charge is 2.64. The maximum atomic E-state index is 2.60. The van der Waals surface area contributed by atoms with Crippen molar-refractivity contribution in [2.75, 3.05) is 0 Å². The molecule has 0 aromatic carbocycles. The largest absolute Gasteiger partial charge is 0.0846 e.